The Morgan fingerprint density at radius 3 is 2.46 bits per heavy atom. The Hall–Kier alpha value is -3.42. The Bertz CT molecular complexity index is 987. The molecule has 1 aromatic carbocycles. The Balaban J connectivity index is 1.63. The summed E-state index contributed by atoms with van der Waals surface area (Å²) in [5, 5.41) is 0. The second-order valence-electron chi connectivity index (χ2n) is 7.17. The van der Waals surface area contributed by atoms with Crippen LogP contribution in [0, 0.1) is 5.92 Å². The van der Waals surface area contributed by atoms with E-state index in [1.54, 1.807) is 4.90 Å². The van der Waals surface area contributed by atoms with Crippen LogP contribution in [0.2, 0.25) is 0 Å². The molecule has 2 fully saturated rings. The van der Waals surface area contributed by atoms with Crippen LogP contribution in [-0.2, 0) is 9.59 Å². The third-order valence-corrected chi connectivity index (χ3v) is 5.44. The topological polar surface area (TPSA) is 117 Å². The van der Waals surface area contributed by atoms with Gasteiger partial charge in [0.2, 0.25) is 17.4 Å². The summed E-state index contributed by atoms with van der Waals surface area (Å²) in [4.78, 5) is 54.9. The highest BCUT2D eigenvalue weighted by Gasteiger charge is 2.50. The SMILES string of the molecule is NC(=O)[C@@H]1C[C@@H]2CN(C(=O)c3cccc(=O)[nH]3)CC(=O)N2[C@@H]1c1ccccc1. The average molecular weight is 380 g/mol. The molecule has 0 unspecified atom stereocenters. The van der Waals surface area contributed by atoms with Crippen molar-refractivity contribution in [1.29, 1.82) is 0 Å². The molecule has 2 saturated heterocycles. The number of fused-ring (bicyclic) bond motifs is 1. The first-order valence-electron chi connectivity index (χ1n) is 9.09. The van der Waals surface area contributed by atoms with Gasteiger partial charge in [-0.1, -0.05) is 36.4 Å². The van der Waals surface area contributed by atoms with Crippen LogP contribution in [0.1, 0.15) is 28.5 Å². The predicted octanol–water partition coefficient (Wildman–Crippen LogP) is 0.274. The van der Waals surface area contributed by atoms with Crippen molar-refractivity contribution < 1.29 is 14.4 Å². The molecule has 0 aliphatic carbocycles. The molecule has 2 aromatic rings. The fourth-order valence-corrected chi connectivity index (χ4v) is 4.25. The Morgan fingerprint density at radius 1 is 1.04 bits per heavy atom. The van der Waals surface area contributed by atoms with Gasteiger partial charge in [0.1, 0.15) is 12.2 Å². The van der Waals surface area contributed by atoms with Crippen LogP contribution < -0.4 is 11.3 Å². The van der Waals surface area contributed by atoms with Crippen LogP contribution >= 0.6 is 0 Å². The maximum Gasteiger partial charge on any atom is 0.270 e. The zero-order valence-electron chi connectivity index (χ0n) is 15.1. The molecular formula is C20H20N4O4. The zero-order chi connectivity index (χ0) is 19.8. The summed E-state index contributed by atoms with van der Waals surface area (Å²) in [5.74, 6) is -1.62. The van der Waals surface area contributed by atoms with Gasteiger partial charge in [0, 0.05) is 12.6 Å². The van der Waals surface area contributed by atoms with Crippen molar-refractivity contribution in [3.05, 3.63) is 70.1 Å². The second kappa shape index (κ2) is 6.95. The van der Waals surface area contributed by atoms with Gasteiger partial charge in [-0.15, -0.1) is 0 Å². The molecule has 4 rings (SSSR count). The molecule has 0 bridgehead atoms. The summed E-state index contributed by atoms with van der Waals surface area (Å²) in [5.41, 5.74) is 6.24. The molecule has 2 aliphatic rings. The van der Waals surface area contributed by atoms with Crippen LogP contribution in [0.3, 0.4) is 0 Å². The molecule has 0 saturated carbocycles. The van der Waals surface area contributed by atoms with E-state index >= 15 is 0 Å². The van der Waals surface area contributed by atoms with E-state index in [1.165, 1.54) is 23.1 Å². The van der Waals surface area contributed by atoms with Crippen molar-refractivity contribution >= 4 is 17.7 Å². The molecule has 144 valence electrons. The molecule has 3 heterocycles. The number of rotatable bonds is 3. The number of hydrogen-bond acceptors (Lipinski definition) is 4. The fraction of sp³-hybridized carbons (Fsp3) is 0.300. The maximum atomic E-state index is 12.9. The molecule has 0 spiro atoms. The van der Waals surface area contributed by atoms with Gasteiger partial charge in [-0.25, -0.2) is 0 Å². The largest absolute Gasteiger partial charge is 0.369 e. The first-order valence-corrected chi connectivity index (χ1v) is 9.09. The fourth-order valence-electron chi connectivity index (χ4n) is 4.25. The number of carbonyl (C=O) groups is 3. The Morgan fingerprint density at radius 2 is 1.79 bits per heavy atom. The molecule has 0 radical (unpaired) electrons. The van der Waals surface area contributed by atoms with Crippen molar-refractivity contribution in [2.45, 2.75) is 18.5 Å². The lowest BCUT2D eigenvalue weighted by Gasteiger charge is -2.40. The molecule has 1 aromatic heterocycles. The number of hydrogen-bond donors (Lipinski definition) is 2. The third-order valence-electron chi connectivity index (χ3n) is 5.44. The van der Waals surface area contributed by atoms with Crippen molar-refractivity contribution in [3.8, 4) is 0 Å². The first kappa shape index (κ1) is 18.0. The number of piperazine rings is 1. The van der Waals surface area contributed by atoms with Crippen LogP contribution in [0.4, 0.5) is 0 Å². The van der Waals surface area contributed by atoms with Gasteiger partial charge in [-0.05, 0) is 18.1 Å². The number of H-pyrrole nitrogens is 1. The van der Waals surface area contributed by atoms with Crippen molar-refractivity contribution in [2.75, 3.05) is 13.1 Å². The highest BCUT2D eigenvalue weighted by atomic mass is 16.2. The van der Waals surface area contributed by atoms with E-state index in [0.717, 1.165) is 5.56 Å². The minimum Gasteiger partial charge on any atom is -0.369 e. The molecular weight excluding hydrogens is 360 g/mol. The highest BCUT2D eigenvalue weighted by molar-refractivity contribution is 5.96. The van der Waals surface area contributed by atoms with Crippen LogP contribution in [-0.4, -0.2) is 51.6 Å². The third kappa shape index (κ3) is 3.06. The van der Waals surface area contributed by atoms with Crippen molar-refractivity contribution in [1.82, 2.24) is 14.8 Å². The minimum atomic E-state index is -0.511. The molecule has 3 amide bonds. The summed E-state index contributed by atoms with van der Waals surface area (Å²) in [6, 6.07) is 12.9. The smallest absolute Gasteiger partial charge is 0.270 e. The summed E-state index contributed by atoms with van der Waals surface area (Å²) in [7, 11) is 0. The van der Waals surface area contributed by atoms with Gasteiger partial charge in [-0.3, -0.25) is 19.2 Å². The molecule has 2 aliphatic heterocycles. The second-order valence-corrected chi connectivity index (χ2v) is 7.17. The summed E-state index contributed by atoms with van der Waals surface area (Å²) < 4.78 is 0. The number of nitrogens with two attached hydrogens (primary N) is 1. The number of aromatic amines is 1. The molecule has 3 atom stereocenters. The number of primary amides is 1. The summed E-state index contributed by atoms with van der Waals surface area (Å²) in [6.07, 6.45) is 0.399. The zero-order valence-corrected chi connectivity index (χ0v) is 15.1. The van der Waals surface area contributed by atoms with E-state index in [2.05, 4.69) is 4.98 Å². The molecule has 3 N–H and O–H groups in total. The average Bonchev–Trinajstić information content (AvgIpc) is 3.08. The minimum absolute atomic E-state index is 0.110. The van der Waals surface area contributed by atoms with E-state index in [-0.39, 0.29) is 36.3 Å². The monoisotopic (exact) mass is 380 g/mol. The Labute approximate surface area is 160 Å². The number of nitrogens with zero attached hydrogens (tertiary/aromatic N) is 2. The number of carbonyl (C=O) groups excluding carboxylic acids is 3. The number of amides is 3. The number of nitrogens with one attached hydrogen (secondary N) is 1. The van der Waals surface area contributed by atoms with E-state index in [4.69, 9.17) is 5.73 Å². The van der Waals surface area contributed by atoms with E-state index in [9.17, 15) is 19.2 Å². The van der Waals surface area contributed by atoms with Gasteiger partial charge in [0.25, 0.3) is 5.91 Å². The summed E-state index contributed by atoms with van der Waals surface area (Å²) >= 11 is 0. The number of aromatic nitrogens is 1. The normalized spacial score (nSPS) is 24.1. The lowest BCUT2D eigenvalue weighted by molar-refractivity contribution is -0.139. The van der Waals surface area contributed by atoms with Gasteiger partial charge >= 0.3 is 0 Å². The van der Waals surface area contributed by atoms with Crippen LogP contribution in [0.25, 0.3) is 0 Å². The maximum absolute atomic E-state index is 12.9. The molecule has 8 heteroatoms. The Kier molecular flexibility index (Phi) is 4.46. The van der Waals surface area contributed by atoms with Gasteiger partial charge in [-0.2, -0.15) is 0 Å². The highest BCUT2D eigenvalue weighted by Crippen LogP contribution is 2.42. The van der Waals surface area contributed by atoms with E-state index in [0.29, 0.717) is 6.42 Å². The van der Waals surface area contributed by atoms with Gasteiger partial charge < -0.3 is 20.5 Å². The molecule has 28 heavy (non-hydrogen) atoms. The van der Waals surface area contributed by atoms with Crippen molar-refractivity contribution in [2.24, 2.45) is 11.7 Å². The van der Waals surface area contributed by atoms with E-state index < -0.39 is 23.8 Å². The quantitative estimate of drug-likeness (QED) is 0.795. The van der Waals surface area contributed by atoms with Crippen LogP contribution in [0.15, 0.2) is 53.3 Å². The van der Waals surface area contributed by atoms with Gasteiger partial charge in [0.05, 0.1) is 18.0 Å². The molecule has 8 nitrogen and oxygen atoms in total. The van der Waals surface area contributed by atoms with Crippen molar-refractivity contribution in [3.63, 3.8) is 0 Å². The predicted molar refractivity (Wildman–Crippen MR) is 100 cm³/mol. The standard InChI is InChI=1S/C20H20N4O4/c21-19(27)14-9-13-10-23(20(28)15-7-4-8-16(25)22-15)11-17(26)24(13)18(14)12-5-2-1-3-6-12/h1-8,13-14,18H,9-11H2,(H2,21,27)(H,22,25)/t13-,14-,18-/m1/s1. The first-order chi connectivity index (χ1) is 13.5. The summed E-state index contributed by atoms with van der Waals surface area (Å²) in [6.45, 7) is 0.176. The lowest BCUT2D eigenvalue weighted by Crippen LogP contribution is -2.56. The lowest BCUT2D eigenvalue weighted by atomic mass is 9.92. The van der Waals surface area contributed by atoms with Crippen LogP contribution in [0.5, 0.6) is 0 Å². The number of benzene rings is 1. The van der Waals surface area contributed by atoms with E-state index in [1.807, 2.05) is 30.3 Å². The van der Waals surface area contributed by atoms with Gasteiger partial charge in [0.15, 0.2) is 0 Å². The number of pyridine rings is 1.